The van der Waals surface area contributed by atoms with Crippen LogP contribution in [0.1, 0.15) is 78.6 Å². The Bertz CT molecular complexity index is 860. The number of Topliss-reactive ketones (excluding diaryl/α,β-unsaturated/α-hetero) is 1. The number of carbonyl (C=O) groups excluding carboxylic acids is 2. The summed E-state index contributed by atoms with van der Waals surface area (Å²) in [6, 6.07) is 0. The van der Waals surface area contributed by atoms with Crippen LogP contribution in [0.25, 0.3) is 0 Å². The fourth-order valence-electron chi connectivity index (χ4n) is 9.15. The SMILES string of the molecule is C[C@@]12CC[C@@H]3[C@@](CC[C@H]4[C@@]3(C)CCC[C@@]4(C)C(=O)O[C@@H]3O[C@H](CO)[C@H](O)[C@H](O)[C@H]3O)(CC1=O)C2. The average Bonchev–Trinajstić information content (AvgIpc) is 2.96. The van der Waals surface area contributed by atoms with Gasteiger partial charge in [-0.05, 0) is 74.5 Å². The van der Waals surface area contributed by atoms with Crippen molar-refractivity contribution in [2.45, 2.75) is 109 Å². The predicted molar refractivity (Wildman–Crippen MR) is 120 cm³/mol. The number of hydrogen-bond acceptors (Lipinski definition) is 8. The molecule has 4 N–H and O–H groups in total. The molecular weight excluding hydrogens is 440 g/mol. The standard InChI is InChI=1S/C26H40O8/c1-23-9-5-16-24(2)7-4-8-25(3,15(24)6-10-26(16,13-23)11-17(23)28)22(32)34-21-20(31)19(30)18(29)14(12-27)33-21/h14-16,18-21,27,29-31H,4-13H2,1-3H3/t14-,15+,16+,18+,19+,20-,21+,23+,24-,25-,26+/m1/s1. The molecule has 1 heterocycles. The lowest BCUT2D eigenvalue weighted by Gasteiger charge is -2.64. The number of aliphatic hydroxyl groups excluding tert-OH is 4. The Balaban J connectivity index is 1.39. The Labute approximate surface area is 201 Å². The molecule has 1 saturated heterocycles. The Morgan fingerprint density at radius 3 is 2.41 bits per heavy atom. The molecule has 5 aliphatic rings. The van der Waals surface area contributed by atoms with Crippen LogP contribution in [0.3, 0.4) is 0 Å². The first kappa shape index (κ1) is 24.6. The van der Waals surface area contributed by atoms with Crippen LogP contribution in [0.15, 0.2) is 0 Å². The van der Waals surface area contributed by atoms with E-state index < -0.39 is 48.7 Å². The number of hydrogen-bond donors (Lipinski definition) is 4. The van der Waals surface area contributed by atoms with Gasteiger partial charge in [0.15, 0.2) is 0 Å². The van der Waals surface area contributed by atoms with Gasteiger partial charge in [-0.3, -0.25) is 9.59 Å². The topological polar surface area (TPSA) is 134 Å². The van der Waals surface area contributed by atoms with Crippen molar-refractivity contribution in [3.63, 3.8) is 0 Å². The Morgan fingerprint density at radius 1 is 1.00 bits per heavy atom. The fraction of sp³-hybridized carbons (Fsp3) is 0.923. The van der Waals surface area contributed by atoms with Gasteiger partial charge in [0.1, 0.15) is 30.2 Å². The fourth-order valence-corrected chi connectivity index (χ4v) is 9.15. The van der Waals surface area contributed by atoms with Crippen LogP contribution in [0, 0.1) is 33.5 Å². The molecular formula is C26H40O8. The summed E-state index contributed by atoms with van der Waals surface area (Å²) in [6.07, 6.45) is 0.706. The number of rotatable bonds is 3. The molecule has 0 radical (unpaired) electrons. The van der Waals surface area contributed by atoms with Crippen molar-refractivity contribution < 1.29 is 39.5 Å². The summed E-state index contributed by atoms with van der Waals surface area (Å²) in [5.41, 5.74) is -0.989. The van der Waals surface area contributed by atoms with Crippen LogP contribution < -0.4 is 0 Å². The Hall–Kier alpha value is -1.06. The highest BCUT2D eigenvalue weighted by molar-refractivity contribution is 5.88. The number of carbonyl (C=O) groups is 2. The Kier molecular flexibility index (Phi) is 5.77. The number of ether oxygens (including phenoxy) is 2. The second-order valence-electron chi connectivity index (χ2n) is 12.8. The molecule has 1 aliphatic heterocycles. The van der Waals surface area contributed by atoms with Crippen molar-refractivity contribution in [3.8, 4) is 0 Å². The van der Waals surface area contributed by atoms with E-state index in [4.69, 9.17) is 9.47 Å². The van der Waals surface area contributed by atoms with Gasteiger partial charge in [0, 0.05) is 11.8 Å². The van der Waals surface area contributed by atoms with Gasteiger partial charge in [-0.1, -0.05) is 20.3 Å². The maximum absolute atomic E-state index is 13.7. The molecule has 8 heteroatoms. The van der Waals surface area contributed by atoms with E-state index in [-0.39, 0.29) is 22.2 Å². The first-order valence-electron chi connectivity index (χ1n) is 13.0. The van der Waals surface area contributed by atoms with Crippen molar-refractivity contribution >= 4 is 11.8 Å². The minimum Gasteiger partial charge on any atom is -0.432 e. The lowest BCUT2D eigenvalue weighted by atomic mass is 9.40. The van der Waals surface area contributed by atoms with E-state index in [0.29, 0.717) is 24.5 Å². The molecule has 34 heavy (non-hydrogen) atoms. The minimum absolute atomic E-state index is 0.0504. The predicted octanol–water partition coefficient (Wildman–Crippen LogP) is 1.70. The molecule has 5 fully saturated rings. The zero-order valence-corrected chi connectivity index (χ0v) is 20.5. The van der Waals surface area contributed by atoms with Gasteiger partial charge in [0.2, 0.25) is 6.29 Å². The van der Waals surface area contributed by atoms with E-state index in [2.05, 4.69) is 13.8 Å². The monoisotopic (exact) mass is 480 g/mol. The van der Waals surface area contributed by atoms with E-state index in [1.54, 1.807) is 0 Å². The van der Waals surface area contributed by atoms with Crippen molar-refractivity contribution in [2.24, 2.45) is 33.5 Å². The summed E-state index contributed by atoms with van der Waals surface area (Å²) in [5.74, 6) is 0.435. The van der Waals surface area contributed by atoms with Crippen molar-refractivity contribution in [1.29, 1.82) is 0 Å². The minimum atomic E-state index is -1.60. The molecule has 192 valence electrons. The smallest absolute Gasteiger partial charge is 0.314 e. The maximum Gasteiger partial charge on any atom is 0.314 e. The van der Waals surface area contributed by atoms with Crippen LogP contribution >= 0.6 is 0 Å². The summed E-state index contributed by atoms with van der Waals surface area (Å²) in [7, 11) is 0. The molecule has 4 aliphatic carbocycles. The highest BCUT2D eigenvalue weighted by Crippen LogP contribution is 2.73. The molecule has 8 nitrogen and oxygen atoms in total. The summed E-state index contributed by atoms with van der Waals surface area (Å²) in [5, 5.41) is 40.0. The third-order valence-electron chi connectivity index (χ3n) is 10.9. The molecule has 2 bridgehead atoms. The van der Waals surface area contributed by atoms with Crippen LogP contribution in [-0.4, -0.2) is 69.5 Å². The zero-order valence-electron chi connectivity index (χ0n) is 20.5. The quantitative estimate of drug-likeness (QED) is 0.449. The number of esters is 1. The third kappa shape index (κ3) is 3.28. The molecule has 5 rings (SSSR count). The van der Waals surface area contributed by atoms with Gasteiger partial charge in [-0.25, -0.2) is 0 Å². The summed E-state index contributed by atoms with van der Waals surface area (Å²) >= 11 is 0. The molecule has 0 amide bonds. The molecule has 0 aromatic rings. The van der Waals surface area contributed by atoms with E-state index in [1.165, 1.54) is 0 Å². The van der Waals surface area contributed by atoms with Gasteiger partial charge >= 0.3 is 5.97 Å². The van der Waals surface area contributed by atoms with Gasteiger partial charge < -0.3 is 29.9 Å². The van der Waals surface area contributed by atoms with Crippen molar-refractivity contribution in [2.75, 3.05) is 6.61 Å². The van der Waals surface area contributed by atoms with Crippen molar-refractivity contribution in [3.05, 3.63) is 0 Å². The van der Waals surface area contributed by atoms with Crippen LogP contribution in [0.4, 0.5) is 0 Å². The van der Waals surface area contributed by atoms with Gasteiger partial charge in [0.25, 0.3) is 0 Å². The maximum atomic E-state index is 13.7. The van der Waals surface area contributed by atoms with E-state index >= 15 is 0 Å². The van der Waals surface area contributed by atoms with Gasteiger partial charge in [-0.15, -0.1) is 0 Å². The van der Waals surface area contributed by atoms with Crippen LogP contribution in [0.2, 0.25) is 0 Å². The number of fused-ring (bicyclic) bond motifs is 3. The number of aliphatic hydroxyl groups is 4. The van der Waals surface area contributed by atoms with Gasteiger partial charge in [0.05, 0.1) is 12.0 Å². The highest BCUT2D eigenvalue weighted by atomic mass is 16.7. The Morgan fingerprint density at radius 2 is 1.71 bits per heavy atom. The summed E-state index contributed by atoms with van der Waals surface area (Å²) < 4.78 is 11.1. The largest absolute Gasteiger partial charge is 0.432 e. The molecule has 4 saturated carbocycles. The van der Waals surface area contributed by atoms with Crippen LogP contribution in [-0.2, 0) is 19.1 Å². The molecule has 0 aromatic carbocycles. The van der Waals surface area contributed by atoms with Crippen LogP contribution in [0.5, 0.6) is 0 Å². The van der Waals surface area contributed by atoms with E-state index in [9.17, 15) is 30.0 Å². The number of ketones is 1. The van der Waals surface area contributed by atoms with Gasteiger partial charge in [-0.2, -0.15) is 0 Å². The average molecular weight is 481 g/mol. The molecule has 1 spiro atoms. The first-order chi connectivity index (χ1) is 15.9. The second-order valence-corrected chi connectivity index (χ2v) is 12.8. The van der Waals surface area contributed by atoms with E-state index in [1.807, 2.05) is 6.92 Å². The third-order valence-corrected chi connectivity index (χ3v) is 10.9. The molecule has 11 atom stereocenters. The first-order valence-corrected chi connectivity index (χ1v) is 13.0. The molecule has 0 unspecified atom stereocenters. The zero-order chi connectivity index (χ0) is 24.7. The normalized spacial score (nSPS) is 54.8. The van der Waals surface area contributed by atoms with E-state index in [0.717, 1.165) is 44.9 Å². The summed E-state index contributed by atoms with van der Waals surface area (Å²) in [6.45, 7) is 5.83. The lowest BCUT2D eigenvalue weighted by molar-refractivity contribution is -0.298. The highest BCUT2D eigenvalue weighted by Gasteiger charge is 2.68. The molecule has 0 aromatic heterocycles. The summed E-state index contributed by atoms with van der Waals surface area (Å²) in [4.78, 5) is 26.6. The van der Waals surface area contributed by atoms with Crippen molar-refractivity contribution in [1.82, 2.24) is 0 Å². The lowest BCUT2D eigenvalue weighted by Crippen LogP contribution is -2.62. The second kappa shape index (κ2) is 7.97.